The number of anilines is 1. The highest BCUT2D eigenvalue weighted by Crippen LogP contribution is 2.17. The molecule has 0 aliphatic heterocycles. The molecule has 25 heavy (non-hydrogen) atoms. The van der Waals surface area contributed by atoms with Crippen LogP contribution in [0.15, 0.2) is 48.5 Å². The van der Waals surface area contributed by atoms with Gasteiger partial charge < -0.3 is 14.8 Å². The van der Waals surface area contributed by atoms with Gasteiger partial charge in [0.25, 0.3) is 5.91 Å². The molecule has 2 rings (SSSR count). The first kappa shape index (κ1) is 18.5. The Morgan fingerprint density at radius 1 is 1.08 bits per heavy atom. The summed E-state index contributed by atoms with van der Waals surface area (Å²) in [5, 5.41) is 2.81. The van der Waals surface area contributed by atoms with Gasteiger partial charge in [-0.25, -0.2) is 4.79 Å². The van der Waals surface area contributed by atoms with Crippen LogP contribution in [0, 0.1) is 6.92 Å². The quantitative estimate of drug-likeness (QED) is 0.774. The summed E-state index contributed by atoms with van der Waals surface area (Å²) in [6, 6.07) is 14.2. The van der Waals surface area contributed by atoms with E-state index in [4.69, 9.17) is 9.47 Å². The van der Waals surface area contributed by atoms with E-state index in [1.54, 1.807) is 31.2 Å². The molecule has 1 atom stereocenters. The van der Waals surface area contributed by atoms with Crippen LogP contribution in [-0.2, 0) is 9.53 Å². The van der Waals surface area contributed by atoms with Gasteiger partial charge in [0, 0.05) is 5.69 Å². The normalized spacial score (nSPS) is 11.5. The summed E-state index contributed by atoms with van der Waals surface area (Å²) in [5.41, 5.74) is 2.12. The number of hydrogen-bond donors (Lipinski definition) is 1. The largest absolute Gasteiger partial charge is 0.481 e. The van der Waals surface area contributed by atoms with Crippen LogP contribution in [0.5, 0.6) is 5.75 Å². The number of esters is 1. The maximum absolute atomic E-state index is 12.4. The van der Waals surface area contributed by atoms with E-state index in [9.17, 15) is 9.59 Å². The Kier molecular flexibility index (Phi) is 6.57. The third kappa shape index (κ3) is 5.35. The zero-order valence-corrected chi connectivity index (χ0v) is 14.7. The van der Waals surface area contributed by atoms with Crippen molar-refractivity contribution in [2.24, 2.45) is 0 Å². The summed E-state index contributed by atoms with van der Waals surface area (Å²) in [5.74, 6) is 0.0575. The fraction of sp³-hybridized carbons (Fsp3) is 0.300. The second-order valence-corrected chi connectivity index (χ2v) is 5.62. The average molecular weight is 341 g/mol. The van der Waals surface area contributed by atoms with Gasteiger partial charge in [-0.15, -0.1) is 0 Å². The molecule has 2 aromatic carbocycles. The van der Waals surface area contributed by atoms with Crippen molar-refractivity contribution in [3.63, 3.8) is 0 Å². The van der Waals surface area contributed by atoms with Crippen LogP contribution in [0.1, 0.15) is 36.2 Å². The second-order valence-electron chi connectivity index (χ2n) is 5.62. The minimum atomic E-state index is -0.591. The zero-order valence-electron chi connectivity index (χ0n) is 14.7. The number of nitrogens with one attached hydrogen (secondary N) is 1. The first-order valence-electron chi connectivity index (χ1n) is 8.34. The van der Waals surface area contributed by atoms with Crippen LogP contribution in [0.2, 0.25) is 0 Å². The minimum absolute atomic E-state index is 0.229. The number of amides is 1. The van der Waals surface area contributed by atoms with E-state index in [0.29, 0.717) is 30.0 Å². The van der Waals surface area contributed by atoms with Gasteiger partial charge in [0.2, 0.25) is 0 Å². The molecule has 0 radical (unpaired) electrons. The highest BCUT2D eigenvalue weighted by molar-refractivity contribution is 5.95. The van der Waals surface area contributed by atoms with Crippen LogP contribution in [-0.4, -0.2) is 24.6 Å². The van der Waals surface area contributed by atoms with Crippen LogP contribution >= 0.6 is 0 Å². The predicted octanol–water partition coefficient (Wildman–Crippen LogP) is 3.97. The van der Waals surface area contributed by atoms with Gasteiger partial charge >= 0.3 is 5.97 Å². The van der Waals surface area contributed by atoms with Crippen molar-refractivity contribution < 1.29 is 19.1 Å². The molecule has 0 aliphatic rings. The van der Waals surface area contributed by atoms with Crippen molar-refractivity contribution in [3.8, 4) is 5.75 Å². The maximum atomic E-state index is 12.4. The van der Waals surface area contributed by atoms with Gasteiger partial charge in [-0.3, -0.25) is 4.79 Å². The molecule has 132 valence electrons. The Morgan fingerprint density at radius 2 is 1.80 bits per heavy atom. The summed E-state index contributed by atoms with van der Waals surface area (Å²) in [7, 11) is 0. The SMILES string of the molecule is CCOC(=O)c1ccc(NC(=O)C(CC)Oc2cccc(C)c2)cc1. The van der Waals surface area contributed by atoms with Crippen molar-refractivity contribution in [2.45, 2.75) is 33.3 Å². The third-order valence-corrected chi connectivity index (χ3v) is 3.59. The van der Waals surface area contributed by atoms with Gasteiger partial charge in [0.1, 0.15) is 5.75 Å². The Labute approximate surface area is 148 Å². The highest BCUT2D eigenvalue weighted by Gasteiger charge is 2.18. The summed E-state index contributed by atoms with van der Waals surface area (Å²) in [4.78, 5) is 24.1. The number of rotatable bonds is 7. The lowest BCUT2D eigenvalue weighted by atomic mass is 10.2. The fourth-order valence-electron chi connectivity index (χ4n) is 2.30. The predicted molar refractivity (Wildman–Crippen MR) is 96.9 cm³/mol. The van der Waals surface area contributed by atoms with Crippen molar-refractivity contribution >= 4 is 17.6 Å². The van der Waals surface area contributed by atoms with Gasteiger partial charge in [0.15, 0.2) is 6.10 Å². The smallest absolute Gasteiger partial charge is 0.338 e. The molecule has 0 aromatic heterocycles. The van der Waals surface area contributed by atoms with Crippen molar-refractivity contribution in [1.29, 1.82) is 0 Å². The molecule has 2 aromatic rings. The van der Waals surface area contributed by atoms with Gasteiger partial charge in [-0.05, 0) is 62.2 Å². The molecule has 1 amide bonds. The number of hydrogen-bond acceptors (Lipinski definition) is 4. The average Bonchev–Trinajstić information content (AvgIpc) is 2.60. The molecule has 1 unspecified atom stereocenters. The molecule has 0 bridgehead atoms. The molecule has 0 saturated carbocycles. The molecule has 0 fully saturated rings. The van der Waals surface area contributed by atoms with E-state index in [0.717, 1.165) is 5.56 Å². The lowest BCUT2D eigenvalue weighted by Crippen LogP contribution is -2.32. The Bertz CT molecular complexity index is 725. The lowest BCUT2D eigenvalue weighted by Gasteiger charge is -2.17. The standard InChI is InChI=1S/C20H23NO4/c1-4-18(25-17-8-6-7-14(3)13-17)19(22)21-16-11-9-15(10-12-16)20(23)24-5-2/h6-13,18H,4-5H2,1-3H3,(H,21,22). The zero-order chi connectivity index (χ0) is 18.2. The molecular formula is C20H23NO4. The van der Waals surface area contributed by atoms with E-state index >= 15 is 0 Å². The number of benzene rings is 2. The molecular weight excluding hydrogens is 318 g/mol. The molecule has 0 aliphatic carbocycles. The number of ether oxygens (including phenoxy) is 2. The van der Waals surface area contributed by atoms with E-state index in [1.807, 2.05) is 38.1 Å². The van der Waals surface area contributed by atoms with Crippen LogP contribution < -0.4 is 10.1 Å². The van der Waals surface area contributed by atoms with Crippen molar-refractivity contribution in [2.75, 3.05) is 11.9 Å². The molecule has 0 spiro atoms. The summed E-state index contributed by atoms with van der Waals surface area (Å²) in [6.45, 7) is 5.94. The second kappa shape index (κ2) is 8.87. The van der Waals surface area contributed by atoms with Crippen LogP contribution in [0.4, 0.5) is 5.69 Å². The first-order valence-corrected chi connectivity index (χ1v) is 8.34. The van der Waals surface area contributed by atoms with Crippen LogP contribution in [0.25, 0.3) is 0 Å². The molecule has 0 heterocycles. The van der Waals surface area contributed by atoms with E-state index < -0.39 is 6.10 Å². The Balaban J connectivity index is 2.00. The number of aryl methyl sites for hydroxylation is 1. The summed E-state index contributed by atoms with van der Waals surface area (Å²) < 4.78 is 10.7. The summed E-state index contributed by atoms with van der Waals surface area (Å²) in [6.07, 6.45) is -0.0488. The molecule has 1 N–H and O–H groups in total. The fourth-order valence-corrected chi connectivity index (χ4v) is 2.30. The third-order valence-electron chi connectivity index (χ3n) is 3.59. The molecule has 0 saturated heterocycles. The topological polar surface area (TPSA) is 64.6 Å². The molecule has 5 heteroatoms. The number of carbonyl (C=O) groups is 2. The van der Waals surface area contributed by atoms with Crippen molar-refractivity contribution in [1.82, 2.24) is 0 Å². The molecule has 5 nitrogen and oxygen atoms in total. The monoisotopic (exact) mass is 341 g/mol. The summed E-state index contributed by atoms with van der Waals surface area (Å²) >= 11 is 0. The number of carbonyl (C=O) groups excluding carboxylic acids is 2. The maximum Gasteiger partial charge on any atom is 0.338 e. The van der Waals surface area contributed by atoms with Crippen molar-refractivity contribution in [3.05, 3.63) is 59.7 Å². The van der Waals surface area contributed by atoms with Gasteiger partial charge in [0.05, 0.1) is 12.2 Å². The Hall–Kier alpha value is -2.82. The minimum Gasteiger partial charge on any atom is -0.481 e. The van der Waals surface area contributed by atoms with Gasteiger partial charge in [-0.1, -0.05) is 19.1 Å². The Morgan fingerprint density at radius 3 is 2.40 bits per heavy atom. The van der Waals surface area contributed by atoms with Crippen LogP contribution in [0.3, 0.4) is 0 Å². The van der Waals surface area contributed by atoms with Gasteiger partial charge in [-0.2, -0.15) is 0 Å². The first-order chi connectivity index (χ1) is 12.0. The van der Waals surface area contributed by atoms with E-state index in [-0.39, 0.29) is 11.9 Å². The van der Waals surface area contributed by atoms with E-state index in [1.165, 1.54) is 0 Å². The van der Waals surface area contributed by atoms with E-state index in [2.05, 4.69) is 5.32 Å². The lowest BCUT2D eigenvalue weighted by molar-refractivity contribution is -0.122. The highest BCUT2D eigenvalue weighted by atomic mass is 16.5.